The van der Waals surface area contributed by atoms with Crippen molar-refractivity contribution in [1.82, 2.24) is 20.4 Å². The summed E-state index contributed by atoms with van der Waals surface area (Å²) in [6.45, 7) is 0. The first-order valence-electron chi connectivity index (χ1n) is 5.71. The van der Waals surface area contributed by atoms with Gasteiger partial charge in [0, 0.05) is 12.8 Å². The molecule has 0 aliphatic carbocycles. The fraction of sp³-hybridized carbons (Fsp3) is 0.500. The van der Waals surface area contributed by atoms with Crippen molar-refractivity contribution in [2.24, 2.45) is 0 Å². The predicted molar refractivity (Wildman–Crippen MR) is 67.1 cm³/mol. The molecule has 0 unspecified atom stereocenters. The molecule has 0 spiro atoms. The van der Waals surface area contributed by atoms with E-state index in [-0.39, 0.29) is 5.78 Å². The Morgan fingerprint density at radius 2 is 1.37 bits per heavy atom. The van der Waals surface area contributed by atoms with Crippen molar-refractivity contribution >= 4 is 29.3 Å². The van der Waals surface area contributed by atoms with E-state index in [1.54, 1.807) is 0 Å². The summed E-state index contributed by atoms with van der Waals surface area (Å²) in [6, 6.07) is 0. The van der Waals surface area contributed by atoms with Crippen LogP contribution in [0.15, 0.2) is 19.3 Å². The number of aromatic nitrogens is 4. The largest absolute Gasteiger partial charge is 0.416 e. The molecule has 0 atom stereocenters. The molecule has 1 aliphatic heterocycles. The van der Waals surface area contributed by atoms with Gasteiger partial charge in [0.25, 0.3) is 10.4 Å². The summed E-state index contributed by atoms with van der Waals surface area (Å²) in [7, 11) is 0. The van der Waals surface area contributed by atoms with Gasteiger partial charge in [0.2, 0.25) is 11.8 Å². The molecule has 0 saturated heterocycles. The molecule has 0 radical (unpaired) electrons. The number of hydrogen-bond donors (Lipinski definition) is 0. The highest BCUT2D eigenvalue weighted by atomic mass is 32.2. The van der Waals surface area contributed by atoms with Crippen LogP contribution in [0, 0.1) is 0 Å². The number of carbonyl (C=O) groups excluding carboxylic acids is 1. The SMILES string of the molecule is O=C1CSc2nnc(o2)CCCc2nnc(o2)SC1. The summed E-state index contributed by atoms with van der Waals surface area (Å²) < 4.78 is 10.9. The molecule has 2 aromatic rings. The van der Waals surface area contributed by atoms with Crippen LogP contribution in [0.5, 0.6) is 0 Å². The first-order valence-corrected chi connectivity index (χ1v) is 7.69. The Labute approximate surface area is 116 Å². The number of rotatable bonds is 0. The Morgan fingerprint density at radius 1 is 0.842 bits per heavy atom. The number of carbonyl (C=O) groups is 1. The van der Waals surface area contributed by atoms with Crippen LogP contribution in [0.3, 0.4) is 0 Å². The molecule has 0 aromatic carbocycles. The van der Waals surface area contributed by atoms with Gasteiger partial charge in [-0.25, -0.2) is 0 Å². The minimum absolute atomic E-state index is 0.0616. The van der Waals surface area contributed by atoms with Gasteiger partial charge in [0.1, 0.15) is 0 Å². The van der Waals surface area contributed by atoms with E-state index in [0.29, 0.717) is 46.6 Å². The highest BCUT2D eigenvalue weighted by molar-refractivity contribution is 8.01. The van der Waals surface area contributed by atoms with E-state index < -0.39 is 0 Å². The monoisotopic (exact) mass is 298 g/mol. The van der Waals surface area contributed by atoms with Gasteiger partial charge in [-0.2, -0.15) is 0 Å². The zero-order valence-electron chi connectivity index (χ0n) is 9.87. The molecule has 3 heterocycles. The van der Waals surface area contributed by atoms with Gasteiger partial charge in [0.05, 0.1) is 11.5 Å². The molecule has 9 heteroatoms. The first-order chi connectivity index (χ1) is 9.29. The normalized spacial score (nSPS) is 17.2. The summed E-state index contributed by atoms with van der Waals surface area (Å²) in [5, 5.41) is 16.5. The fourth-order valence-electron chi connectivity index (χ4n) is 1.51. The smallest absolute Gasteiger partial charge is 0.277 e. The third kappa shape index (κ3) is 3.35. The van der Waals surface area contributed by atoms with Crippen molar-refractivity contribution < 1.29 is 13.6 Å². The van der Waals surface area contributed by atoms with Crippen LogP contribution in [0.4, 0.5) is 0 Å². The van der Waals surface area contributed by atoms with E-state index in [9.17, 15) is 4.79 Å². The molecule has 100 valence electrons. The van der Waals surface area contributed by atoms with Crippen molar-refractivity contribution in [3.63, 3.8) is 0 Å². The Balaban J connectivity index is 1.75. The summed E-state index contributed by atoms with van der Waals surface area (Å²) in [5.41, 5.74) is 0. The second-order valence-electron chi connectivity index (χ2n) is 3.89. The van der Waals surface area contributed by atoms with Crippen molar-refractivity contribution in [2.75, 3.05) is 11.5 Å². The molecule has 4 bridgehead atoms. The van der Waals surface area contributed by atoms with E-state index in [1.807, 2.05) is 0 Å². The fourth-order valence-corrected chi connectivity index (χ4v) is 2.92. The number of Topliss-reactive ketones (excluding diaryl/α,β-unsaturated/α-hetero) is 1. The molecule has 0 fully saturated rings. The molecule has 0 amide bonds. The summed E-state index contributed by atoms with van der Waals surface area (Å²) in [6.07, 6.45) is 2.12. The highest BCUT2D eigenvalue weighted by Gasteiger charge is 2.14. The van der Waals surface area contributed by atoms with Crippen LogP contribution in [0.1, 0.15) is 18.2 Å². The number of hydrogen-bond acceptors (Lipinski definition) is 9. The van der Waals surface area contributed by atoms with E-state index in [4.69, 9.17) is 8.83 Å². The number of fused-ring (bicyclic) bond motifs is 4. The van der Waals surface area contributed by atoms with Crippen LogP contribution >= 0.6 is 23.5 Å². The van der Waals surface area contributed by atoms with Gasteiger partial charge in [-0.1, -0.05) is 23.5 Å². The second-order valence-corrected chi connectivity index (χ2v) is 5.75. The van der Waals surface area contributed by atoms with E-state index in [0.717, 1.165) is 6.42 Å². The van der Waals surface area contributed by atoms with Crippen LogP contribution in [0.25, 0.3) is 0 Å². The van der Waals surface area contributed by atoms with Crippen LogP contribution in [-0.4, -0.2) is 37.7 Å². The van der Waals surface area contributed by atoms with Gasteiger partial charge in [0.15, 0.2) is 5.78 Å². The summed E-state index contributed by atoms with van der Waals surface area (Å²) >= 11 is 2.52. The van der Waals surface area contributed by atoms with Gasteiger partial charge < -0.3 is 8.83 Å². The van der Waals surface area contributed by atoms with Gasteiger partial charge in [-0.15, -0.1) is 20.4 Å². The van der Waals surface area contributed by atoms with Crippen molar-refractivity contribution in [3.8, 4) is 0 Å². The Kier molecular flexibility index (Phi) is 3.83. The van der Waals surface area contributed by atoms with Crippen molar-refractivity contribution in [2.45, 2.75) is 29.7 Å². The minimum atomic E-state index is 0.0616. The zero-order chi connectivity index (χ0) is 13.1. The summed E-state index contributed by atoms with van der Waals surface area (Å²) in [5.74, 6) is 1.81. The van der Waals surface area contributed by atoms with E-state index >= 15 is 0 Å². The maximum Gasteiger partial charge on any atom is 0.277 e. The molecule has 0 N–H and O–H groups in total. The second kappa shape index (κ2) is 5.74. The third-order valence-electron chi connectivity index (χ3n) is 2.39. The highest BCUT2D eigenvalue weighted by Crippen LogP contribution is 2.21. The molecule has 0 saturated carbocycles. The lowest BCUT2D eigenvalue weighted by Crippen LogP contribution is -2.04. The lowest BCUT2D eigenvalue weighted by molar-refractivity contribution is -0.114. The Bertz CT molecular complexity index is 535. The number of thioether (sulfide) groups is 2. The van der Waals surface area contributed by atoms with Crippen molar-refractivity contribution in [1.29, 1.82) is 0 Å². The third-order valence-corrected chi connectivity index (χ3v) is 4.15. The standard InChI is InChI=1S/C10H10N4O3S2/c15-6-4-18-9-13-11-7(16-9)2-1-3-8-12-14-10(17-8)19-5-6/h1-5H2. The van der Waals surface area contributed by atoms with Crippen LogP contribution in [-0.2, 0) is 17.6 Å². The average molecular weight is 298 g/mol. The first kappa shape index (κ1) is 12.7. The Morgan fingerprint density at radius 3 is 1.89 bits per heavy atom. The van der Waals surface area contributed by atoms with Gasteiger partial charge >= 0.3 is 0 Å². The molecule has 7 nitrogen and oxygen atoms in total. The van der Waals surface area contributed by atoms with E-state index in [2.05, 4.69) is 20.4 Å². The van der Waals surface area contributed by atoms with E-state index in [1.165, 1.54) is 23.5 Å². The zero-order valence-corrected chi connectivity index (χ0v) is 11.5. The molecule has 2 aromatic heterocycles. The molecular formula is C10H10N4O3S2. The van der Waals surface area contributed by atoms with Crippen LogP contribution < -0.4 is 0 Å². The predicted octanol–water partition coefficient (Wildman–Crippen LogP) is 1.39. The van der Waals surface area contributed by atoms with Gasteiger partial charge in [-0.3, -0.25) is 4.79 Å². The maximum absolute atomic E-state index is 11.7. The number of aryl methyl sites for hydroxylation is 2. The molecule has 1 aliphatic rings. The number of ketones is 1. The quantitative estimate of drug-likeness (QED) is 0.714. The lowest BCUT2D eigenvalue weighted by atomic mass is 10.2. The van der Waals surface area contributed by atoms with Crippen molar-refractivity contribution in [3.05, 3.63) is 11.8 Å². The number of nitrogens with zero attached hydrogens (tertiary/aromatic N) is 4. The lowest BCUT2D eigenvalue weighted by Gasteiger charge is -1.97. The van der Waals surface area contributed by atoms with Crippen LogP contribution in [0.2, 0.25) is 0 Å². The summed E-state index contributed by atoms with van der Waals surface area (Å²) in [4.78, 5) is 11.7. The van der Waals surface area contributed by atoms with Gasteiger partial charge in [-0.05, 0) is 6.42 Å². The average Bonchev–Trinajstić information content (AvgIpc) is 3.02. The Hall–Kier alpha value is -1.35. The molecule has 19 heavy (non-hydrogen) atoms. The maximum atomic E-state index is 11.7. The molecule has 3 rings (SSSR count). The molecular weight excluding hydrogens is 288 g/mol. The topological polar surface area (TPSA) is 94.9 Å². The minimum Gasteiger partial charge on any atom is -0.416 e.